The van der Waals surface area contributed by atoms with Gasteiger partial charge in [0, 0.05) is 34.7 Å². The van der Waals surface area contributed by atoms with Gasteiger partial charge in [0.2, 0.25) is 53.4 Å². The molecule has 7 aliphatic heterocycles. The molecular weight excluding hydrogens is 1490 g/mol. The summed E-state index contributed by atoms with van der Waals surface area (Å²) in [6.07, 6.45) is -20.4. The highest BCUT2D eigenvalue weighted by molar-refractivity contribution is 6.32. The van der Waals surface area contributed by atoms with Crippen molar-refractivity contribution in [1.29, 1.82) is 0 Å². The lowest BCUT2D eigenvalue weighted by Gasteiger charge is -2.47. The molecule has 110 heavy (non-hydrogen) atoms. The van der Waals surface area contributed by atoms with Crippen LogP contribution in [0, 0.1) is 5.92 Å². The molecule has 586 valence electrons. The second kappa shape index (κ2) is 33.3. The molecule has 2 saturated heterocycles. The van der Waals surface area contributed by atoms with Crippen molar-refractivity contribution in [2.75, 3.05) is 6.61 Å². The van der Waals surface area contributed by atoms with Crippen LogP contribution in [-0.2, 0) is 63.9 Å². The number of ether oxygens (including phenoxy) is 7. The Hall–Kier alpha value is -10.7. The van der Waals surface area contributed by atoms with Gasteiger partial charge >= 0.3 is 12.1 Å². The number of fused-ring (bicyclic) bond motifs is 15. The van der Waals surface area contributed by atoms with Crippen molar-refractivity contribution in [3.63, 3.8) is 0 Å². The average molecular weight is 1570 g/mol. The molecule has 0 aliphatic carbocycles. The SMILES string of the molecule is CC(C)C[C@H](NC(=O)OCc1ccccc1)C(=O)N[C@H]1C(=O)N[C@@H](CC(N)=O)C(=O)N[C@H]2C(=O)N[C@H]3C(=O)N[C@H](C(=O)N[C@H](C(=O)O)c4cc(O)cc(O)c4-c4cc3ccc4O)[C@H](O)c3ccc(c(Cl)c3)Oc3cc2cc(c3OC2O[C@H](CO)[C@@H](O)[C@H](O)[C@H]2O[C@H]2C[C@](C)(N)[C@H](O)[C@H](C)O2)Oc2ccc(cc2Cl)[C@H]1O. The van der Waals surface area contributed by atoms with E-state index in [1.165, 1.54) is 13.8 Å². The summed E-state index contributed by atoms with van der Waals surface area (Å²) in [5.74, 6) is -17.1. The molecule has 6 aromatic rings. The lowest BCUT2D eigenvalue weighted by atomic mass is 9.86. The maximum Gasteiger partial charge on any atom is 0.408 e. The van der Waals surface area contributed by atoms with Crippen molar-refractivity contribution >= 4 is 76.6 Å². The van der Waals surface area contributed by atoms with Crippen LogP contribution in [0.25, 0.3) is 11.1 Å². The highest BCUT2D eigenvalue weighted by atomic mass is 35.5. The molecule has 35 nitrogen and oxygen atoms in total. The molecule has 0 radical (unpaired) electrons. The van der Waals surface area contributed by atoms with Gasteiger partial charge in [-0.1, -0.05) is 85.6 Å². The number of benzene rings is 6. The van der Waals surface area contributed by atoms with Crippen LogP contribution in [0.4, 0.5) is 4.79 Å². The number of nitrogens with two attached hydrogens (primary N) is 2. The number of carbonyl (C=O) groups is 9. The monoisotopic (exact) mass is 1570 g/mol. The number of aliphatic carboxylic acids is 1. The van der Waals surface area contributed by atoms with Gasteiger partial charge in [-0.2, -0.15) is 0 Å². The summed E-state index contributed by atoms with van der Waals surface area (Å²) in [6, 6.07) is 6.55. The number of alkyl carbamates (subject to hydrolysis) is 1. The molecule has 21 N–H and O–H groups in total. The predicted octanol–water partition coefficient (Wildman–Crippen LogP) is 1.81. The standard InChI is InChI=1S/C73H79Cl2N9O26/c1-28(2)16-40(79-72(103)104-27-30-8-6-5-7-9-30)64(95)83-55-57(90)32-11-14-44(38(74)18-32)106-46-20-34-21-47(61(46)110-71-62(60(93)59(92)48(26-85)108-71)109-50-25-73(4,77)63(94)29(3)105-50)107-45-15-12-33(19-39(45)75)58(91)56-69(100)82-54(70(101)102)37-22-35(86)23-43(88)51(37)36-17-31(10-13-42(36)87)52(66(97)84-56)81-67(98)53(34)80-65(96)41(24-49(76)89)78-68(55)99/h5-15,17-23,28-29,40-41,48,50,52-60,62-63,71,85-88,90-94H,16,24-27,77H2,1-4H3,(H2,76,89)(H,78,99)(H,79,103)(H,80,96)(H,81,98)(H,82,100)(H,83,95)(H,84,97)(H,101,102)/t29-,40-,41-,48+,50-,52+,53+,54-,55+,56-,57+,58+,59+,60-,62+,63+,71?,73-/m0/s1. The van der Waals surface area contributed by atoms with E-state index >= 15 is 19.2 Å². The Morgan fingerprint density at radius 1 is 0.691 bits per heavy atom. The molecule has 0 saturated carbocycles. The lowest BCUT2D eigenvalue weighted by Crippen LogP contribution is -2.64. The van der Waals surface area contributed by atoms with E-state index in [0.717, 1.165) is 78.9 Å². The first-order valence-electron chi connectivity index (χ1n) is 34.3. The number of aromatic hydroxyl groups is 3. The maximum atomic E-state index is 16.1. The Kier molecular flexibility index (Phi) is 24.3. The number of carbonyl (C=O) groups excluding carboxylic acids is 8. The van der Waals surface area contributed by atoms with Crippen molar-refractivity contribution in [2.24, 2.45) is 17.4 Å². The molecule has 6 aromatic carbocycles. The third kappa shape index (κ3) is 17.6. The third-order valence-corrected chi connectivity index (χ3v) is 19.5. The van der Waals surface area contributed by atoms with Gasteiger partial charge in [-0.05, 0) is 109 Å². The van der Waals surface area contributed by atoms with Crippen LogP contribution in [-0.4, -0.2) is 190 Å². The molecular formula is C73H79Cl2N9O26. The topological polar surface area (TPSA) is 557 Å². The number of nitrogens with one attached hydrogen (secondary N) is 7. The Morgan fingerprint density at radius 2 is 1.31 bits per heavy atom. The molecule has 18 atom stereocenters. The third-order valence-electron chi connectivity index (χ3n) is 18.9. The second-order valence-electron chi connectivity index (χ2n) is 27.6. The van der Waals surface area contributed by atoms with Crippen LogP contribution in [0.3, 0.4) is 0 Å². The van der Waals surface area contributed by atoms with Crippen LogP contribution in [0.15, 0.2) is 109 Å². The van der Waals surface area contributed by atoms with E-state index in [1.807, 2.05) is 0 Å². The van der Waals surface area contributed by atoms with Crippen LogP contribution in [0.5, 0.6) is 46.0 Å². The molecule has 37 heteroatoms. The normalized spacial score (nSPS) is 27.9. The van der Waals surface area contributed by atoms with Crippen molar-refractivity contribution in [1.82, 2.24) is 37.2 Å². The van der Waals surface area contributed by atoms with Gasteiger partial charge in [0.15, 0.2) is 29.9 Å². The number of aliphatic hydroxyl groups excluding tert-OH is 6. The molecule has 1 unspecified atom stereocenters. The van der Waals surface area contributed by atoms with E-state index < -0.39 is 254 Å². The number of phenols is 3. The maximum absolute atomic E-state index is 16.1. The highest BCUT2D eigenvalue weighted by Crippen LogP contribution is 2.50. The van der Waals surface area contributed by atoms with Crippen molar-refractivity contribution in [3.05, 3.63) is 153 Å². The summed E-state index contributed by atoms with van der Waals surface area (Å²) in [5.41, 5.74) is 8.40. The number of aliphatic hydroxyl groups is 6. The average Bonchev–Trinajstić information content (AvgIpc) is 0.764. The van der Waals surface area contributed by atoms with Crippen molar-refractivity contribution in [2.45, 2.75) is 163 Å². The van der Waals surface area contributed by atoms with Gasteiger partial charge in [-0.3, -0.25) is 33.6 Å². The Labute approximate surface area is 635 Å². The van der Waals surface area contributed by atoms with Gasteiger partial charge in [0.05, 0.1) is 35.3 Å². The molecule has 7 aliphatic rings. The number of halogens is 2. The fraction of sp³-hybridized carbons (Fsp3) is 0.384. The molecule has 0 aromatic heterocycles. The largest absolute Gasteiger partial charge is 0.508 e. The zero-order chi connectivity index (χ0) is 79.6. The van der Waals surface area contributed by atoms with Gasteiger partial charge in [-0.15, -0.1) is 0 Å². The Balaban J connectivity index is 1.12. The predicted molar refractivity (Wildman–Crippen MR) is 380 cm³/mol. The number of carboxylic acids is 1. The summed E-state index contributed by atoms with van der Waals surface area (Å²) in [7, 11) is 0. The number of rotatable bonds is 15. The van der Waals surface area contributed by atoms with Gasteiger partial charge in [0.25, 0.3) is 0 Å². The summed E-state index contributed by atoms with van der Waals surface area (Å²) >= 11 is 14.2. The van der Waals surface area contributed by atoms with Gasteiger partial charge in [0.1, 0.15) is 102 Å². The molecule has 7 heterocycles. The number of amides is 8. The van der Waals surface area contributed by atoms with E-state index in [4.69, 9.17) is 67.8 Å². The number of phenolic OH excluding ortho intramolecular Hbond substituents is 3. The number of carboxylic acid groups (broad SMARTS) is 1. The summed E-state index contributed by atoms with van der Waals surface area (Å²) in [4.78, 5) is 132. The summed E-state index contributed by atoms with van der Waals surface area (Å²) in [6.45, 7) is 5.16. The van der Waals surface area contributed by atoms with Crippen LogP contribution in [0.2, 0.25) is 10.0 Å². The van der Waals surface area contributed by atoms with E-state index in [9.17, 15) is 75.0 Å². The van der Waals surface area contributed by atoms with E-state index in [1.54, 1.807) is 44.2 Å². The first-order valence-corrected chi connectivity index (χ1v) is 35.1. The molecule has 0 spiro atoms. The minimum absolute atomic E-state index is 0.106. The second-order valence-corrected chi connectivity index (χ2v) is 28.4. The molecule has 8 amide bonds. The molecule has 11 bridgehead atoms. The zero-order valence-electron chi connectivity index (χ0n) is 58.7. The fourth-order valence-electron chi connectivity index (χ4n) is 13.3. The van der Waals surface area contributed by atoms with Gasteiger partial charge < -0.3 is 133 Å². The van der Waals surface area contributed by atoms with Crippen molar-refractivity contribution in [3.8, 4) is 57.1 Å². The van der Waals surface area contributed by atoms with Crippen LogP contribution >= 0.6 is 23.2 Å². The lowest BCUT2D eigenvalue weighted by molar-refractivity contribution is -0.333. The highest BCUT2D eigenvalue weighted by Gasteiger charge is 2.52. The Morgan fingerprint density at radius 3 is 1.92 bits per heavy atom. The van der Waals surface area contributed by atoms with Crippen LogP contribution < -0.4 is 62.9 Å². The quantitative estimate of drug-likeness (QED) is 0.0697. The first kappa shape index (κ1) is 80.3. The van der Waals surface area contributed by atoms with Crippen molar-refractivity contribution < 1.29 is 127 Å². The van der Waals surface area contributed by atoms with E-state index in [0.29, 0.717) is 5.56 Å². The summed E-state index contributed by atoms with van der Waals surface area (Å²) in [5, 5.41) is 131. The summed E-state index contributed by atoms with van der Waals surface area (Å²) < 4.78 is 43.8. The number of hydrogen-bond acceptors (Lipinski definition) is 26. The zero-order valence-corrected chi connectivity index (χ0v) is 60.2. The van der Waals surface area contributed by atoms with E-state index in [-0.39, 0.29) is 42.1 Å². The van der Waals surface area contributed by atoms with Gasteiger partial charge in [-0.25, -0.2) is 9.59 Å². The smallest absolute Gasteiger partial charge is 0.408 e. The molecule has 13 rings (SSSR count). The minimum atomic E-state index is -2.40. The Bertz CT molecular complexity index is 4560. The molecule has 2 fully saturated rings. The van der Waals surface area contributed by atoms with Crippen LogP contribution in [0.1, 0.15) is 111 Å². The van der Waals surface area contributed by atoms with E-state index in [2.05, 4.69) is 37.2 Å². The number of primary amides is 1. The first-order chi connectivity index (χ1) is 52.1. The minimum Gasteiger partial charge on any atom is -0.508 e. The number of hydrogen-bond donors (Lipinski definition) is 19. The fourth-order valence-corrected chi connectivity index (χ4v) is 13.7.